The number of para-hydroxylation sites is 1. The van der Waals surface area contributed by atoms with Crippen LogP contribution < -0.4 is 0 Å². The standard InChI is InChI=1S/C24H14ClNO/c25-16-7-10-24-20(13-16)19-12-15(6-9-23(19)27-24)14-5-8-22-18(11-14)17-3-1-2-4-21(17)26-22/h1-13,26H. The van der Waals surface area contributed by atoms with E-state index in [0.29, 0.717) is 0 Å². The lowest BCUT2D eigenvalue weighted by atomic mass is 10.0. The number of halogens is 1. The number of furan rings is 1. The van der Waals surface area contributed by atoms with E-state index in [1.54, 1.807) is 0 Å². The lowest BCUT2D eigenvalue weighted by Gasteiger charge is -2.03. The normalized spacial score (nSPS) is 11.9. The summed E-state index contributed by atoms with van der Waals surface area (Å²) in [6.07, 6.45) is 0. The van der Waals surface area contributed by atoms with E-state index in [1.165, 1.54) is 16.3 Å². The van der Waals surface area contributed by atoms with Crippen molar-refractivity contribution in [3.05, 3.63) is 83.9 Å². The Morgan fingerprint density at radius 1 is 0.593 bits per heavy atom. The summed E-state index contributed by atoms with van der Waals surface area (Å²) in [6.45, 7) is 0. The highest BCUT2D eigenvalue weighted by molar-refractivity contribution is 6.31. The largest absolute Gasteiger partial charge is 0.456 e. The molecule has 1 N–H and O–H groups in total. The molecule has 0 aliphatic rings. The van der Waals surface area contributed by atoms with Gasteiger partial charge in [-0.3, -0.25) is 0 Å². The molecule has 0 aliphatic carbocycles. The van der Waals surface area contributed by atoms with E-state index < -0.39 is 0 Å². The number of rotatable bonds is 1. The highest BCUT2D eigenvalue weighted by atomic mass is 35.5. The number of benzene rings is 4. The highest BCUT2D eigenvalue weighted by Gasteiger charge is 2.10. The van der Waals surface area contributed by atoms with Crippen LogP contribution in [0, 0.1) is 0 Å². The molecule has 2 nitrogen and oxygen atoms in total. The molecule has 0 unspecified atom stereocenters. The van der Waals surface area contributed by atoms with Gasteiger partial charge in [-0.05, 0) is 59.7 Å². The maximum absolute atomic E-state index is 6.20. The van der Waals surface area contributed by atoms with Crippen LogP contribution in [0.3, 0.4) is 0 Å². The molecular weight excluding hydrogens is 354 g/mol. The van der Waals surface area contributed by atoms with Crippen LogP contribution in [0.4, 0.5) is 0 Å². The summed E-state index contributed by atoms with van der Waals surface area (Å²) in [5.74, 6) is 0. The Labute approximate surface area is 160 Å². The van der Waals surface area contributed by atoms with Crippen LogP contribution in [0.2, 0.25) is 5.02 Å². The second-order valence-electron chi connectivity index (χ2n) is 6.88. The third kappa shape index (κ3) is 2.20. The van der Waals surface area contributed by atoms with E-state index >= 15 is 0 Å². The van der Waals surface area contributed by atoms with E-state index in [0.717, 1.165) is 43.6 Å². The van der Waals surface area contributed by atoms with Gasteiger partial charge < -0.3 is 9.40 Å². The van der Waals surface area contributed by atoms with Crippen molar-refractivity contribution in [2.45, 2.75) is 0 Å². The zero-order chi connectivity index (χ0) is 18.0. The van der Waals surface area contributed by atoms with Gasteiger partial charge in [-0.25, -0.2) is 0 Å². The molecule has 0 amide bonds. The van der Waals surface area contributed by atoms with E-state index in [2.05, 4.69) is 59.6 Å². The molecule has 128 valence electrons. The van der Waals surface area contributed by atoms with Crippen molar-refractivity contribution < 1.29 is 4.42 Å². The van der Waals surface area contributed by atoms with Crippen LogP contribution in [0.25, 0.3) is 54.9 Å². The van der Waals surface area contributed by atoms with Gasteiger partial charge in [0.1, 0.15) is 11.2 Å². The Morgan fingerprint density at radius 2 is 1.26 bits per heavy atom. The summed E-state index contributed by atoms with van der Waals surface area (Å²) in [7, 11) is 0. The number of hydrogen-bond donors (Lipinski definition) is 1. The van der Waals surface area contributed by atoms with Crippen molar-refractivity contribution >= 4 is 55.3 Å². The molecule has 0 saturated heterocycles. The molecule has 0 aliphatic heterocycles. The van der Waals surface area contributed by atoms with Gasteiger partial charge in [0.25, 0.3) is 0 Å². The maximum Gasteiger partial charge on any atom is 0.135 e. The Hall–Kier alpha value is -3.23. The van der Waals surface area contributed by atoms with Crippen LogP contribution in [-0.2, 0) is 0 Å². The van der Waals surface area contributed by atoms with E-state index in [4.69, 9.17) is 16.0 Å². The first-order chi connectivity index (χ1) is 13.3. The molecular formula is C24H14ClNO. The van der Waals surface area contributed by atoms with Crippen LogP contribution >= 0.6 is 11.6 Å². The van der Waals surface area contributed by atoms with Crippen molar-refractivity contribution in [3.63, 3.8) is 0 Å². The van der Waals surface area contributed by atoms with Crippen molar-refractivity contribution in [2.24, 2.45) is 0 Å². The first-order valence-electron chi connectivity index (χ1n) is 8.89. The molecule has 0 bridgehead atoms. The third-order valence-corrected chi connectivity index (χ3v) is 5.51. The summed E-state index contributed by atoms with van der Waals surface area (Å²) >= 11 is 6.20. The first-order valence-corrected chi connectivity index (χ1v) is 9.27. The molecule has 0 fully saturated rings. The molecule has 27 heavy (non-hydrogen) atoms. The SMILES string of the molecule is Clc1ccc2oc3ccc(-c4ccc5[nH]c6ccccc6c5c4)cc3c2c1. The molecule has 2 aromatic heterocycles. The Morgan fingerprint density at radius 3 is 2.15 bits per heavy atom. The molecule has 4 aromatic carbocycles. The topological polar surface area (TPSA) is 28.9 Å². The molecule has 3 heteroatoms. The van der Waals surface area contributed by atoms with Gasteiger partial charge in [-0.15, -0.1) is 0 Å². The third-order valence-electron chi connectivity index (χ3n) is 5.27. The maximum atomic E-state index is 6.20. The number of fused-ring (bicyclic) bond motifs is 6. The second-order valence-corrected chi connectivity index (χ2v) is 7.32. The fourth-order valence-electron chi connectivity index (χ4n) is 3.96. The van der Waals surface area contributed by atoms with Crippen molar-refractivity contribution in [1.82, 2.24) is 4.98 Å². The van der Waals surface area contributed by atoms with Crippen LogP contribution in [0.1, 0.15) is 0 Å². The number of H-pyrrole nitrogens is 1. The Balaban J connectivity index is 1.61. The van der Waals surface area contributed by atoms with E-state index in [9.17, 15) is 0 Å². The van der Waals surface area contributed by atoms with E-state index in [-0.39, 0.29) is 0 Å². The minimum atomic E-state index is 0.718. The fourth-order valence-corrected chi connectivity index (χ4v) is 4.13. The lowest BCUT2D eigenvalue weighted by Crippen LogP contribution is -1.78. The number of hydrogen-bond acceptors (Lipinski definition) is 1. The summed E-state index contributed by atoms with van der Waals surface area (Å²) in [6, 6.07) is 27.1. The predicted octanol–water partition coefficient (Wildman–Crippen LogP) is 7.54. The fraction of sp³-hybridized carbons (Fsp3) is 0. The molecule has 6 aromatic rings. The Kier molecular flexibility index (Phi) is 2.97. The number of aromatic amines is 1. The highest BCUT2D eigenvalue weighted by Crippen LogP contribution is 2.35. The quantitative estimate of drug-likeness (QED) is 0.319. The Bertz CT molecular complexity index is 1490. The van der Waals surface area contributed by atoms with Gasteiger partial charge in [-0.1, -0.05) is 41.9 Å². The molecule has 2 heterocycles. The van der Waals surface area contributed by atoms with Gasteiger partial charge in [0.05, 0.1) is 0 Å². The van der Waals surface area contributed by atoms with Crippen molar-refractivity contribution in [3.8, 4) is 11.1 Å². The summed E-state index contributed by atoms with van der Waals surface area (Å²) in [5, 5.41) is 5.34. The zero-order valence-corrected chi connectivity index (χ0v) is 15.0. The average molecular weight is 368 g/mol. The van der Waals surface area contributed by atoms with Crippen LogP contribution in [-0.4, -0.2) is 4.98 Å². The number of nitrogens with one attached hydrogen (secondary N) is 1. The predicted molar refractivity (Wildman–Crippen MR) is 114 cm³/mol. The number of aromatic nitrogens is 1. The van der Waals surface area contributed by atoms with Gasteiger partial charge in [0.15, 0.2) is 0 Å². The van der Waals surface area contributed by atoms with Crippen molar-refractivity contribution in [1.29, 1.82) is 0 Å². The monoisotopic (exact) mass is 367 g/mol. The van der Waals surface area contributed by atoms with Crippen LogP contribution in [0.15, 0.2) is 83.3 Å². The summed E-state index contributed by atoms with van der Waals surface area (Å²) in [5.41, 5.74) is 6.41. The minimum absolute atomic E-state index is 0.718. The second kappa shape index (κ2) is 5.38. The van der Waals surface area contributed by atoms with Gasteiger partial charge in [0.2, 0.25) is 0 Å². The average Bonchev–Trinajstić information content (AvgIpc) is 3.25. The molecule has 0 spiro atoms. The zero-order valence-electron chi connectivity index (χ0n) is 14.3. The smallest absolute Gasteiger partial charge is 0.135 e. The first kappa shape index (κ1) is 14.9. The minimum Gasteiger partial charge on any atom is -0.456 e. The molecule has 0 atom stereocenters. The molecule has 6 rings (SSSR count). The summed E-state index contributed by atoms with van der Waals surface area (Å²) in [4.78, 5) is 3.48. The molecule has 0 saturated carbocycles. The van der Waals surface area contributed by atoms with E-state index in [1.807, 2.05) is 24.3 Å². The van der Waals surface area contributed by atoms with Crippen molar-refractivity contribution in [2.75, 3.05) is 0 Å². The lowest BCUT2D eigenvalue weighted by molar-refractivity contribution is 0.669. The van der Waals surface area contributed by atoms with Crippen LogP contribution in [0.5, 0.6) is 0 Å². The van der Waals surface area contributed by atoms with Gasteiger partial charge in [0, 0.05) is 37.6 Å². The van der Waals surface area contributed by atoms with Gasteiger partial charge >= 0.3 is 0 Å². The summed E-state index contributed by atoms with van der Waals surface area (Å²) < 4.78 is 5.95. The van der Waals surface area contributed by atoms with Gasteiger partial charge in [-0.2, -0.15) is 0 Å². The molecule has 0 radical (unpaired) electrons.